The zero-order chi connectivity index (χ0) is 16.2. The number of methoxy groups -OCH3 is 1. The predicted molar refractivity (Wildman–Crippen MR) is 78.8 cm³/mol. The average Bonchev–Trinajstić information content (AvgIpc) is 2.70. The number of nitrogens with zero attached hydrogens (tertiary/aromatic N) is 3. The van der Waals surface area contributed by atoms with Gasteiger partial charge in [0.1, 0.15) is 5.84 Å². The summed E-state index contributed by atoms with van der Waals surface area (Å²) in [6, 6.07) is 0. The summed E-state index contributed by atoms with van der Waals surface area (Å²) < 4.78 is 14.9. The molecule has 21 heavy (non-hydrogen) atoms. The van der Waals surface area contributed by atoms with Crippen molar-refractivity contribution in [1.29, 1.82) is 0 Å². The maximum atomic E-state index is 12.2. The topological polar surface area (TPSA) is 80.7 Å². The Morgan fingerprint density at radius 1 is 1.24 bits per heavy atom. The standard InChI is InChI=1S/C12H19N3O5S/c1-6-19-10(16)14-8(3)13-12(4,9(21)18-5)15(14)11(17)20-7-2/h6-7H2,1-5H3. The van der Waals surface area contributed by atoms with Gasteiger partial charge in [0.05, 0.1) is 20.3 Å². The Balaban J connectivity index is 3.25. The van der Waals surface area contributed by atoms with Gasteiger partial charge < -0.3 is 14.2 Å². The first-order chi connectivity index (χ1) is 9.83. The van der Waals surface area contributed by atoms with Crippen molar-refractivity contribution in [3.63, 3.8) is 0 Å². The number of thiocarbonyl (C=S) groups is 1. The molecule has 0 fully saturated rings. The molecule has 0 aromatic carbocycles. The quantitative estimate of drug-likeness (QED) is 0.740. The monoisotopic (exact) mass is 317 g/mol. The number of rotatable bonds is 3. The van der Waals surface area contributed by atoms with Gasteiger partial charge in [0, 0.05) is 0 Å². The number of hydrazine groups is 1. The molecule has 1 atom stereocenters. The Kier molecular flexibility index (Phi) is 5.47. The Morgan fingerprint density at radius 2 is 1.76 bits per heavy atom. The zero-order valence-corrected chi connectivity index (χ0v) is 13.5. The smallest absolute Gasteiger partial charge is 0.435 e. The summed E-state index contributed by atoms with van der Waals surface area (Å²) in [4.78, 5) is 28.5. The van der Waals surface area contributed by atoms with Gasteiger partial charge in [0.25, 0.3) is 0 Å². The van der Waals surface area contributed by atoms with E-state index in [1.54, 1.807) is 27.7 Å². The summed E-state index contributed by atoms with van der Waals surface area (Å²) in [7, 11) is 1.37. The Bertz CT molecular complexity index is 482. The first-order valence-corrected chi connectivity index (χ1v) is 6.82. The maximum Gasteiger partial charge on any atom is 0.435 e. The fourth-order valence-electron chi connectivity index (χ4n) is 1.92. The van der Waals surface area contributed by atoms with Gasteiger partial charge >= 0.3 is 12.2 Å². The molecule has 0 bridgehead atoms. The highest BCUT2D eigenvalue weighted by Gasteiger charge is 2.53. The molecule has 8 nitrogen and oxygen atoms in total. The molecule has 118 valence electrons. The van der Waals surface area contributed by atoms with Gasteiger partial charge in [-0.2, -0.15) is 10.0 Å². The first kappa shape index (κ1) is 17.2. The minimum atomic E-state index is -1.35. The Hall–Kier alpha value is -1.90. The van der Waals surface area contributed by atoms with E-state index in [4.69, 9.17) is 26.4 Å². The molecule has 0 aliphatic carbocycles. The van der Waals surface area contributed by atoms with Crippen molar-refractivity contribution >= 4 is 35.3 Å². The summed E-state index contributed by atoms with van der Waals surface area (Å²) in [5, 5.41) is 2.02. The van der Waals surface area contributed by atoms with E-state index >= 15 is 0 Å². The minimum absolute atomic E-state index is 0.0294. The van der Waals surface area contributed by atoms with Crippen LogP contribution in [0, 0.1) is 0 Å². The van der Waals surface area contributed by atoms with Gasteiger partial charge in [-0.25, -0.2) is 14.6 Å². The number of hydrogen-bond acceptors (Lipinski definition) is 7. The van der Waals surface area contributed by atoms with Gasteiger partial charge in [-0.05, 0) is 39.9 Å². The van der Waals surface area contributed by atoms with Crippen LogP contribution in [0.4, 0.5) is 9.59 Å². The van der Waals surface area contributed by atoms with Crippen LogP contribution < -0.4 is 0 Å². The molecule has 1 heterocycles. The normalized spacial score (nSPS) is 20.9. The highest BCUT2D eigenvalue weighted by Crippen LogP contribution is 2.30. The highest BCUT2D eigenvalue weighted by atomic mass is 32.1. The molecule has 0 saturated heterocycles. The van der Waals surface area contributed by atoms with E-state index in [-0.39, 0.29) is 24.1 Å². The van der Waals surface area contributed by atoms with Crippen molar-refractivity contribution in [2.45, 2.75) is 33.4 Å². The number of hydrogen-bond donors (Lipinski definition) is 0. The highest BCUT2D eigenvalue weighted by molar-refractivity contribution is 7.80. The van der Waals surface area contributed by atoms with Crippen molar-refractivity contribution in [1.82, 2.24) is 10.0 Å². The van der Waals surface area contributed by atoms with Crippen LogP contribution in [0.15, 0.2) is 4.99 Å². The second kappa shape index (κ2) is 6.70. The van der Waals surface area contributed by atoms with Crippen LogP contribution in [0.1, 0.15) is 27.7 Å². The largest absolute Gasteiger partial charge is 0.487 e. The number of carbonyl (C=O) groups is 2. The van der Waals surface area contributed by atoms with E-state index < -0.39 is 17.8 Å². The number of carbonyl (C=O) groups excluding carboxylic acids is 2. The van der Waals surface area contributed by atoms with Crippen LogP contribution in [-0.2, 0) is 14.2 Å². The van der Waals surface area contributed by atoms with Gasteiger partial charge in [-0.1, -0.05) is 0 Å². The number of amides is 2. The molecule has 9 heteroatoms. The van der Waals surface area contributed by atoms with Gasteiger partial charge in [-0.15, -0.1) is 0 Å². The van der Waals surface area contributed by atoms with Crippen molar-refractivity contribution in [3.05, 3.63) is 0 Å². The number of ether oxygens (including phenoxy) is 3. The molecule has 2 amide bonds. The summed E-state index contributed by atoms with van der Waals surface area (Å²) in [6.07, 6.45) is -1.51. The van der Waals surface area contributed by atoms with E-state index in [0.29, 0.717) is 0 Å². The molecule has 1 aliphatic heterocycles. The van der Waals surface area contributed by atoms with Crippen molar-refractivity contribution in [2.75, 3.05) is 20.3 Å². The van der Waals surface area contributed by atoms with E-state index in [1.165, 1.54) is 7.11 Å². The lowest BCUT2D eigenvalue weighted by atomic mass is 10.2. The Morgan fingerprint density at radius 3 is 2.24 bits per heavy atom. The molecular formula is C12H19N3O5S. The van der Waals surface area contributed by atoms with E-state index in [2.05, 4.69) is 4.99 Å². The number of aliphatic imine (C=N–C) groups is 1. The maximum absolute atomic E-state index is 12.2. The molecule has 0 spiro atoms. The predicted octanol–water partition coefficient (Wildman–Crippen LogP) is 1.94. The summed E-state index contributed by atoms with van der Waals surface area (Å²) >= 11 is 5.11. The van der Waals surface area contributed by atoms with Crippen LogP contribution in [0.25, 0.3) is 0 Å². The molecule has 0 radical (unpaired) electrons. The molecular weight excluding hydrogens is 298 g/mol. The molecule has 1 rings (SSSR count). The summed E-state index contributed by atoms with van der Waals surface area (Å²) in [5.41, 5.74) is -1.35. The lowest BCUT2D eigenvalue weighted by molar-refractivity contribution is -0.00518. The molecule has 0 saturated carbocycles. The molecule has 1 unspecified atom stereocenters. The van der Waals surface area contributed by atoms with Crippen LogP contribution in [-0.4, -0.2) is 59.1 Å². The first-order valence-electron chi connectivity index (χ1n) is 6.42. The fourth-order valence-corrected chi connectivity index (χ4v) is 2.05. The number of amidine groups is 1. The molecule has 1 aliphatic rings. The van der Waals surface area contributed by atoms with E-state index in [1.807, 2.05) is 0 Å². The van der Waals surface area contributed by atoms with Crippen molar-refractivity contribution in [3.8, 4) is 0 Å². The third kappa shape index (κ3) is 3.07. The van der Waals surface area contributed by atoms with Crippen LogP contribution in [0.5, 0.6) is 0 Å². The van der Waals surface area contributed by atoms with Gasteiger partial charge in [0.15, 0.2) is 0 Å². The zero-order valence-electron chi connectivity index (χ0n) is 12.7. The minimum Gasteiger partial charge on any atom is -0.487 e. The third-order valence-electron chi connectivity index (χ3n) is 2.75. The fraction of sp³-hybridized carbons (Fsp3) is 0.667. The van der Waals surface area contributed by atoms with E-state index in [0.717, 1.165) is 10.0 Å². The van der Waals surface area contributed by atoms with Crippen LogP contribution in [0.3, 0.4) is 0 Å². The van der Waals surface area contributed by atoms with Crippen molar-refractivity contribution in [2.24, 2.45) is 4.99 Å². The van der Waals surface area contributed by atoms with Crippen LogP contribution in [0.2, 0.25) is 0 Å². The second-order valence-electron chi connectivity index (χ2n) is 4.19. The third-order valence-corrected chi connectivity index (χ3v) is 3.31. The summed E-state index contributed by atoms with van der Waals surface area (Å²) in [5.74, 6) is 0.253. The average molecular weight is 317 g/mol. The summed E-state index contributed by atoms with van der Waals surface area (Å²) in [6.45, 7) is 6.73. The SMILES string of the molecule is CCOC(=O)N1C(C)=NC(C)(C(=S)OC)N1C(=O)OCC. The van der Waals surface area contributed by atoms with Gasteiger partial charge in [0.2, 0.25) is 10.7 Å². The van der Waals surface area contributed by atoms with Crippen molar-refractivity contribution < 1.29 is 23.8 Å². The Labute approximate surface area is 128 Å². The lowest BCUT2D eigenvalue weighted by Gasteiger charge is -2.35. The molecule has 0 aromatic heterocycles. The van der Waals surface area contributed by atoms with Crippen LogP contribution >= 0.6 is 12.2 Å². The van der Waals surface area contributed by atoms with E-state index in [9.17, 15) is 9.59 Å². The lowest BCUT2D eigenvalue weighted by Crippen LogP contribution is -2.59. The van der Waals surface area contributed by atoms with Gasteiger partial charge in [-0.3, -0.25) is 0 Å². The molecule has 0 N–H and O–H groups in total. The molecule has 0 aromatic rings. The second-order valence-corrected chi connectivity index (χ2v) is 4.56.